The summed E-state index contributed by atoms with van der Waals surface area (Å²) in [6, 6.07) is 1.05. The molecule has 1 aromatic rings. The standard InChI is InChI=1S/C13H21N5O4/c1-4-5-14-13(21)16-12(20)8-18(3)7-11(19)15-10-6-9(2)22-17-10/h6H,4-5,7-8H2,1-3H3,(H,15,17,19)(H2,14,16,20,21). The van der Waals surface area contributed by atoms with Crippen LogP contribution in [-0.2, 0) is 9.59 Å². The van der Waals surface area contributed by atoms with Gasteiger partial charge in [-0.1, -0.05) is 12.1 Å². The van der Waals surface area contributed by atoms with Crippen LogP contribution in [0, 0.1) is 6.92 Å². The molecule has 0 aliphatic carbocycles. The van der Waals surface area contributed by atoms with Crippen LogP contribution in [0.5, 0.6) is 0 Å². The molecule has 4 amide bonds. The van der Waals surface area contributed by atoms with Gasteiger partial charge in [0, 0.05) is 12.6 Å². The van der Waals surface area contributed by atoms with Crippen molar-refractivity contribution in [2.75, 3.05) is 32.0 Å². The maximum Gasteiger partial charge on any atom is 0.321 e. The number of amides is 4. The summed E-state index contributed by atoms with van der Waals surface area (Å²) in [6.45, 7) is 4.02. The van der Waals surface area contributed by atoms with Crippen molar-refractivity contribution in [3.63, 3.8) is 0 Å². The fourth-order valence-corrected chi connectivity index (χ4v) is 1.60. The summed E-state index contributed by atoms with van der Waals surface area (Å²) in [4.78, 5) is 36.1. The molecule has 0 saturated carbocycles. The van der Waals surface area contributed by atoms with E-state index in [4.69, 9.17) is 4.52 Å². The number of imide groups is 1. The first-order valence-electron chi connectivity index (χ1n) is 6.90. The summed E-state index contributed by atoms with van der Waals surface area (Å²) in [5.74, 6) is 0.0839. The van der Waals surface area contributed by atoms with Crippen molar-refractivity contribution >= 4 is 23.7 Å². The maximum absolute atomic E-state index is 11.7. The zero-order valence-corrected chi connectivity index (χ0v) is 12.9. The van der Waals surface area contributed by atoms with E-state index in [1.807, 2.05) is 6.92 Å². The second-order valence-electron chi connectivity index (χ2n) is 4.85. The molecule has 9 nitrogen and oxygen atoms in total. The summed E-state index contributed by atoms with van der Waals surface area (Å²) in [7, 11) is 1.59. The zero-order chi connectivity index (χ0) is 16.5. The lowest BCUT2D eigenvalue weighted by Gasteiger charge is -2.15. The first-order valence-corrected chi connectivity index (χ1v) is 6.90. The highest BCUT2D eigenvalue weighted by Crippen LogP contribution is 2.06. The molecular formula is C13H21N5O4. The van der Waals surface area contributed by atoms with Crippen LogP contribution in [0.15, 0.2) is 10.6 Å². The SMILES string of the molecule is CCCNC(=O)NC(=O)CN(C)CC(=O)Nc1cc(C)on1. The van der Waals surface area contributed by atoms with Crippen molar-refractivity contribution in [1.82, 2.24) is 20.7 Å². The fraction of sp³-hybridized carbons (Fsp3) is 0.538. The van der Waals surface area contributed by atoms with Crippen LogP contribution in [-0.4, -0.2) is 54.6 Å². The van der Waals surface area contributed by atoms with Gasteiger partial charge in [0.1, 0.15) is 5.76 Å². The van der Waals surface area contributed by atoms with Crippen molar-refractivity contribution in [2.24, 2.45) is 0 Å². The number of carbonyl (C=O) groups is 3. The first kappa shape index (κ1) is 17.6. The number of hydrogen-bond acceptors (Lipinski definition) is 6. The summed E-state index contributed by atoms with van der Waals surface area (Å²) < 4.78 is 4.82. The van der Waals surface area contributed by atoms with E-state index in [0.29, 0.717) is 18.1 Å². The molecule has 122 valence electrons. The Morgan fingerprint density at radius 3 is 2.55 bits per heavy atom. The molecule has 1 heterocycles. The number of rotatable bonds is 7. The molecule has 0 unspecified atom stereocenters. The molecule has 0 fully saturated rings. The highest BCUT2D eigenvalue weighted by Gasteiger charge is 2.13. The number of anilines is 1. The number of likely N-dealkylation sites (N-methyl/N-ethyl adjacent to an activating group) is 1. The maximum atomic E-state index is 11.7. The third kappa shape index (κ3) is 6.84. The number of urea groups is 1. The number of carbonyl (C=O) groups excluding carboxylic acids is 3. The minimum absolute atomic E-state index is 0.0179. The average Bonchev–Trinajstić information content (AvgIpc) is 2.80. The van der Waals surface area contributed by atoms with E-state index in [0.717, 1.165) is 6.42 Å². The Bertz CT molecular complexity index is 528. The molecular weight excluding hydrogens is 290 g/mol. The number of hydrogen-bond donors (Lipinski definition) is 3. The van der Waals surface area contributed by atoms with Crippen LogP contribution in [0.2, 0.25) is 0 Å². The van der Waals surface area contributed by atoms with Gasteiger partial charge >= 0.3 is 6.03 Å². The Labute approximate surface area is 128 Å². The largest absolute Gasteiger partial charge is 0.360 e. The van der Waals surface area contributed by atoms with Crippen molar-refractivity contribution in [3.8, 4) is 0 Å². The quantitative estimate of drug-likeness (QED) is 0.657. The third-order valence-electron chi connectivity index (χ3n) is 2.51. The number of nitrogens with one attached hydrogen (secondary N) is 3. The van der Waals surface area contributed by atoms with E-state index in [2.05, 4.69) is 21.1 Å². The molecule has 0 radical (unpaired) electrons. The molecule has 0 spiro atoms. The normalized spacial score (nSPS) is 10.4. The monoisotopic (exact) mass is 311 g/mol. The Hall–Kier alpha value is -2.42. The van der Waals surface area contributed by atoms with Crippen molar-refractivity contribution in [1.29, 1.82) is 0 Å². The van der Waals surface area contributed by atoms with Gasteiger partial charge in [-0.3, -0.25) is 19.8 Å². The van der Waals surface area contributed by atoms with E-state index in [-0.39, 0.29) is 19.0 Å². The topological polar surface area (TPSA) is 117 Å². The molecule has 9 heteroatoms. The van der Waals surface area contributed by atoms with Gasteiger partial charge in [0.15, 0.2) is 5.82 Å². The number of aromatic nitrogens is 1. The van der Waals surface area contributed by atoms with E-state index in [1.54, 1.807) is 20.0 Å². The van der Waals surface area contributed by atoms with E-state index in [1.165, 1.54) is 4.90 Å². The lowest BCUT2D eigenvalue weighted by Crippen LogP contribution is -2.45. The molecule has 0 aliphatic heterocycles. The molecule has 0 aliphatic rings. The Kier molecular flexibility index (Phi) is 7.03. The fourth-order valence-electron chi connectivity index (χ4n) is 1.60. The molecule has 0 saturated heterocycles. The van der Waals surface area contributed by atoms with Gasteiger partial charge in [-0.15, -0.1) is 0 Å². The first-order chi connectivity index (χ1) is 10.4. The minimum atomic E-state index is -0.539. The highest BCUT2D eigenvalue weighted by molar-refractivity contribution is 5.96. The second kappa shape index (κ2) is 8.78. The molecule has 22 heavy (non-hydrogen) atoms. The number of aryl methyl sites for hydroxylation is 1. The molecule has 3 N–H and O–H groups in total. The predicted octanol–water partition coefficient (Wildman–Crippen LogP) is 0.0891. The molecule has 1 aromatic heterocycles. The van der Waals surface area contributed by atoms with Crippen molar-refractivity contribution in [2.45, 2.75) is 20.3 Å². The lowest BCUT2D eigenvalue weighted by atomic mass is 10.4. The van der Waals surface area contributed by atoms with Gasteiger partial charge in [-0.2, -0.15) is 0 Å². The van der Waals surface area contributed by atoms with Gasteiger partial charge < -0.3 is 15.2 Å². The van der Waals surface area contributed by atoms with Crippen LogP contribution in [0.25, 0.3) is 0 Å². The van der Waals surface area contributed by atoms with Crippen molar-refractivity contribution in [3.05, 3.63) is 11.8 Å². The smallest absolute Gasteiger partial charge is 0.321 e. The van der Waals surface area contributed by atoms with Gasteiger partial charge in [0.2, 0.25) is 11.8 Å². The van der Waals surface area contributed by atoms with Crippen LogP contribution >= 0.6 is 0 Å². The predicted molar refractivity (Wildman–Crippen MR) is 79.2 cm³/mol. The van der Waals surface area contributed by atoms with Crippen LogP contribution in [0.3, 0.4) is 0 Å². The van der Waals surface area contributed by atoms with E-state index < -0.39 is 11.9 Å². The second-order valence-corrected chi connectivity index (χ2v) is 4.85. The summed E-state index contributed by atoms with van der Waals surface area (Å²) in [6.07, 6.45) is 0.781. The van der Waals surface area contributed by atoms with Gasteiger partial charge in [0.25, 0.3) is 0 Å². The number of nitrogens with zero attached hydrogens (tertiary/aromatic N) is 2. The summed E-state index contributed by atoms with van der Waals surface area (Å²) in [5.41, 5.74) is 0. The van der Waals surface area contributed by atoms with Gasteiger partial charge in [-0.25, -0.2) is 4.79 Å². The summed E-state index contributed by atoms with van der Waals surface area (Å²) in [5, 5.41) is 10.9. The molecule has 1 rings (SSSR count). The van der Waals surface area contributed by atoms with Gasteiger partial charge in [0.05, 0.1) is 13.1 Å². The summed E-state index contributed by atoms with van der Waals surface area (Å²) >= 11 is 0. The van der Waals surface area contributed by atoms with Crippen LogP contribution in [0.1, 0.15) is 19.1 Å². The van der Waals surface area contributed by atoms with Crippen LogP contribution in [0.4, 0.5) is 10.6 Å². The zero-order valence-electron chi connectivity index (χ0n) is 12.9. The average molecular weight is 311 g/mol. The van der Waals surface area contributed by atoms with Crippen LogP contribution < -0.4 is 16.0 Å². The Balaban J connectivity index is 2.29. The third-order valence-corrected chi connectivity index (χ3v) is 2.51. The Morgan fingerprint density at radius 1 is 1.27 bits per heavy atom. The highest BCUT2D eigenvalue weighted by atomic mass is 16.5. The molecule has 0 aromatic carbocycles. The minimum Gasteiger partial charge on any atom is -0.360 e. The van der Waals surface area contributed by atoms with E-state index >= 15 is 0 Å². The van der Waals surface area contributed by atoms with E-state index in [9.17, 15) is 14.4 Å². The molecule has 0 bridgehead atoms. The lowest BCUT2D eigenvalue weighted by molar-refractivity contribution is -0.122. The van der Waals surface area contributed by atoms with Crippen molar-refractivity contribution < 1.29 is 18.9 Å². The Morgan fingerprint density at radius 2 is 1.95 bits per heavy atom. The molecule has 0 atom stereocenters. The van der Waals surface area contributed by atoms with Gasteiger partial charge in [-0.05, 0) is 20.4 Å².